The number of aliphatic hydroxyl groups excluding tert-OH is 1. The van der Waals surface area contributed by atoms with Crippen molar-refractivity contribution in [3.8, 4) is 0 Å². The van der Waals surface area contributed by atoms with Crippen LogP contribution in [0, 0.1) is 0 Å². The van der Waals surface area contributed by atoms with Crippen molar-refractivity contribution in [1.29, 1.82) is 0 Å². The van der Waals surface area contributed by atoms with E-state index in [0.717, 1.165) is 17.7 Å². The van der Waals surface area contributed by atoms with E-state index in [2.05, 4.69) is 0 Å². The van der Waals surface area contributed by atoms with Crippen molar-refractivity contribution in [3.05, 3.63) is 23.5 Å². The molecular formula is C12H15NO4. The van der Waals surface area contributed by atoms with Crippen LogP contribution < -0.4 is 0 Å². The van der Waals surface area contributed by atoms with Crippen LogP contribution in [-0.2, 0) is 14.4 Å². The molecule has 1 heterocycles. The van der Waals surface area contributed by atoms with Gasteiger partial charge in [-0.25, -0.2) is 0 Å². The normalized spacial score (nSPS) is 19.3. The van der Waals surface area contributed by atoms with Crippen molar-refractivity contribution < 1.29 is 19.5 Å². The molecule has 1 N–H and O–H groups in total. The number of carbonyl (C=O) groups is 3. The van der Waals surface area contributed by atoms with E-state index in [9.17, 15) is 19.5 Å². The number of likely N-dealkylation sites (tertiary alicyclic amines) is 1. The second-order valence-corrected chi connectivity index (χ2v) is 3.80. The van der Waals surface area contributed by atoms with Gasteiger partial charge in [-0.3, -0.25) is 19.3 Å². The lowest BCUT2D eigenvalue weighted by Crippen LogP contribution is -2.31. The Bertz CT molecular complexity index is 416. The van der Waals surface area contributed by atoms with Crippen LogP contribution in [0.1, 0.15) is 26.7 Å². The zero-order valence-corrected chi connectivity index (χ0v) is 9.90. The Morgan fingerprint density at radius 1 is 1.47 bits per heavy atom. The van der Waals surface area contributed by atoms with Gasteiger partial charge in [-0.1, -0.05) is 19.4 Å². The first-order valence-corrected chi connectivity index (χ1v) is 5.44. The molecule has 0 aromatic carbocycles. The first-order valence-electron chi connectivity index (χ1n) is 5.44. The fraction of sp³-hybridized carbons (Fsp3) is 0.417. The fourth-order valence-electron chi connectivity index (χ4n) is 1.52. The molecule has 5 heteroatoms. The van der Waals surface area contributed by atoms with Crippen LogP contribution in [0.3, 0.4) is 0 Å². The van der Waals surface area contributed by atoms with Crippen molar-refractivity contribution in [2.24, 2.45) is 0 Å². The van der Waals surface area contributed by atoms with E-state index in [1.54, 1.807) is 6.08 Å². The number of unbranched alkanes of at least 4 members (excludes halogenated alkanes) is 1. The number of hydrogen-bond donors (Lipinski definition) is 1. The minimum absolute atomic E-state index is 0.290. The lowest BCUT2D eigenvalue weighted by molar-refractivity contribution is -0.137. The SMILES string of the molecule is CCC/C=C/C(=O)N1CC(=O)/C(=C(\C)O)C1=O. The van der Waals surface area contributed by atoms with Gasteiger partial charge < -0.3 is 5.11 Å². The van der Waals surface area contributed by atoms with Crippen LogP contribution in [0.25, 0.3) is 0 Å². The number of nitrogens with zero attached hydrogens (tertiary/aromatic N) is 1. The van der Waals surface area contributed by atoms with Crippen LogP contribution in [0.2, 0.25) is 0 Å². The second-order valence-electron chi connectivity index (χ2n) is 3.80. The van der Waals surface area contributed by atoms with Gasteiger partial charge in [0.05, 0.1) is 6.54 Å². The molecule has 5 nitrogen and oxygen atoms in total. The van der Waals surface area contributed by atoms with Crippen molar-refractivity contribution >= 4 is 17.6 Å². The molecule has 0 aliphatic carbocycles. The second kappa shape index (κ2) is 5.43. The zero-order valence-electron chi connectivity index (χ0n) is 9.90. The number of amides is 2. The summed E-state index contributed by atoms with van der Waals surface area (Å²) in [6.07, 6.45) is 4.58. The monoisotopic (exact) mass is 237 g/mol. The number of aliphatic hydroxyl groups is 1. The predicted octanol–water partition coefficient (Wildman–Crippen LogP) is 1.11. The number of hydrogen-bond acceptors (Lipinski definition) is 4. The molecule has 1 rings (SSSR count). The smallest absolute Gasteiger partial charge is 0.268 e. The van der Waals surface area contributed by atoms with Crippen molar-refractivity contribution in [2.75, 3.05) is 6.54 Å². The molecule has 1 aliphatic heterocycles. The number of carbonyl (C=O) groups excluding carboxylic acids is 3. The van der Waals surface area contributed by atoms with Crippen LogP contribution in [0.15, 0.2) is 23.5 Å². The molecule has 92 valence electrons. The molecule has 0 radical (unpaired) electrons. The van der Waals surface area contributed by atoms with Crippen LogP contribution in [-0.4, -0.2) is 34.1 Å². The van der Waals surface area contributed by atoms with E-state index in [-0.39, 0.29) is 17.9 Å². The van der Waals surface area contributed by atoms with Gasteiger partial charge >= 0.3 is 0 Å². The molecule has 0 aromatic rings. The molecule has 0 atom stereocenters. The molecule has 0 saturated carbocycles. The third kappa shape index (κ3) is 2.81. The number of Topliss-reactive ketones (excluding diaryl/α,β-unsaturated/α-hetero) is 1. The van der Waals surface area contributed by atoms with Crippen molar-refractivity contribution in [1.82, 2.24) is 4.90 Å². The summed E-state index contributed by atoms with van der Waals surface area (Å²) in [5.41, 5.74) is -0.290. The zero-order chi connectivity index (χ0) is 13.0. The Balaban J connectivity index is 2.83. The van der Waals surface area contributed by atoms with E-state index in [4.69, 9.17) is 0 Å². The molecule has 2 amide bonds. The number of rotatable bonds is 3. The average molecular weight is 237 g/mol. The molecule has 0 bridgehead atoms. The highest BCUT2D eigenvalue weighted by molar-refractivity contribution is 6.29. The molecule has 17 heavy (non-hydrogen) atoms. The van der Waals surface area contributed by atoms with E-state index in [0.29, 0.717) is 0 Å². The van der Waals surface area contributed by atoms with Crippen LogP contribution >= 0.6 is 0 Å². The van der Waals surface area contributed by atoms with Gasteiger partial charge in [0.25, 0.3) is 11.8 Å². The van der Waals surface area contributed by atoms with E-state index >= 15 is 0 Å². The maximum atomic E-state index is 11.7. The number of imide groups is 1. The summed E-state index contributed by atoms with van der Waals surface area (Å²) >= 11 is 0. The Morgan fingerprint density at radius 2 is 2.12 bits per heavy atom. The topological polar surface area (TPSA) is 74.7 Å². The Morgan fingerprint density at radius 3 is 2.59 bits per heavy atom. The summed E-state index contributed by atoms with van der Waals surface area (Å²) in [6, 6.07) is 0. The van der Waals surface area contributed by atoms with Crippen LogP contribution in [0.5, 0.6) is 0 Å². The third-order valence-electron chi connectivity index (χ3n) is 2.38. The van der Waals surface area contributed by atoms with Gasteiger partial charge in [0.15, 0.2) is 5.78 Å². The lowest BCUT2D eigenvalue weighted by Gasteiger charge is -2.08. The highest BCUT2D eigenvalue weighted by Gasteiger charge is 2.38. The van der Waals surface area contributed by atoms with E-state index in [1.165, 1.54) is 13.0 Å². The number of ketones is 1. The Labute approximate surface area is 99.4 Å². The minimum Gasteiger partial charge on any atom is -0.512 e. The quantitative estimate of drug-likeness (QED) is 0.453. The summed E-state index contributed by atoms with van der Waals surface area (Å²) in [5, 5.41) is 9.19. The Kier molecular flexibility index (Phi) is 4.20. The summed E-state index contributed by atoms with van der Waals surface area (Å²) in [7, 11) is 0. The molecule has 1 saturated heterocycles. The fourth-order valence-corrected chi connectivity index (χ4v) is 1.52. The molecular weight excluding hydrogens is 222 g/mol. The van der Waals surface area contributed by atoms with E-state index < -0.39 is 17.6 Å². The van der Waals surface area contributed by atoms with Gasteiger partial charge in [-0.05, 0) is 19.4 Å². The van der Waals surface area contributed by atoms with Gasteiger partial charge in [-0.15, -0.1) is 0 Å². The molecule has 0 unspecified atom stereocenters. The predicted molar refractivity (Wildman–Crippen MR) is 61.1 cm³/mol. The number of allylic oxidation sites excluding steroid dienone is 2. The third-order valence-corrected chi connectivity index (χ3v) is 2.38. The molecule has 0 spiro atoms. The first kappa shape index (κ1) is 13.2. The molecule has 1 aliphatic rings. The van der Waals surface area contributed by atoms with Crippen molar-refractivity contribution in [3.63, 3.8) is 0 Å². The van der Waals surface area contributed by atoms with E-state index in [1.807, 2.05) is 6.92 Å². The van der Waals surface area contributed by atoms with Crippen LogP contribution in [0.4, 0.5) is 0 Å². The summed E-state index contributed by atoms with van der Waals surface area (Å²) in [6.45, 7) is 2.93. The first-order chi connectivity index (χ1) is 7.99. The maximum absolute atomic E-state index is 11.7. The summed E-state index contributed by atoms with van der Waals surface area (Å²) in [5.74, 6) is -2.10. The standard InChI is InChI=1S/C12H15NO4/c1-3-4-5-6-10(16)13-7-9(15)11(8(2)14)12(13)17/h5-6,14H,3-4,7H2,1-2H3/b6-5+,11-8-. The van der Waals surface area contributed by atoms with Gasteiger partial charge in [0, 0.05) is 0 Å². The summed E-state index contributed by atoms with van der Waals surface area (Å²) < 4.78 is 0. The highest BCUT2D eigenvalue weighted by atomic mass is 16.3. The summed E-state index contributed by atoms with van der Waals surface area (Å²) in [4.78, 5) is 35.5. The van der Waals surface area contributed by atoms with Crippen molar-refractivity contribution in [2.45, 2.75) is 26.7 Å². The Hall–Kier alpha value is -1.91. The maximum Gasteiger partial charge on any atom is 0.268 e. The molecule has 1 fully saturated rings. The average Bonchev–Trinajstić information content (AvgIpc) is 2.54. The van der Waals surface area contributed by atoms with Gasteiger partial charge in [0.1, 0.15) is 11.3 Å². The minimum atomic E-state index is -0.721. The molecule has 0 aromatic heterocycles. The highest BCUT2D eigenvalue weighted by Crippen LogP contribution is 2.17. The van der Waals surface area contributed by atoms with Gasteiger partial charge in [0.2, 0.25) is 0 Å². The van der Waals surface area contributed by atoms with Gasteiger partial charge in [-0.2, -0.15) is 0 Å². The largest absolute Gasteiger partial charge is 0.512 e. The lowest BCUT2D eigenvalue weighted by atomic mass is 10.2.